The van der Waals surface area contributed by atoms with Gasteiger partial charge in [-0.3, -0.25) is 0 Å². The van der Waals surface area contributed by atoms with Gasteiger partial charge in [0.1, 0.15) is 0 Å². The van der Waals surface area contributed by atoms with E-state index in [4.69, 9.17) is 4.74 Å². The van der Waals surface area contributed by atoms with Crippen LogP contribution in [0.5, 0.6) is 0 Å². The lowest BCUT2D eigenvalue weighted by molar-refractivity contribution is -0.116. The molecule has 106 valence electrons. The van der Waals surface area contributed by atoms with Gasteiger partial charge in [-0.05, 0) is 46.2 Å². The Kier molecular flexibility index (Phi) is 4.68. The fourth-order valence-corrected chi connectivity index (χ4v) is 3.40. The van der Waals surface area contributed by atoms with Gasteiger partial charge in [0.2, 0.25) is 0 Å². The van der Waals surface area contributed by atoms with E-state index in [-0.39, 0.29) is 5.41 Å². The molecule has 0 aromatic heterocycles. The van der Waals surface area contributed by atoms with Gasteiger partial charge in [-0.1, -0.05) is 13.8 Å². The molecule has 2 aliphatic rings. The lowest BCUT2D eigenvalue weighted by Gasteiger charge is -2.53. The van der Waals surface area contributed by atoms with Crippen molar-refractivity contribution >= 4 is 0 Å². The Morgan fingerprint density at radius 1 is 1.33 bits per heavy atom. The van der Waals surface area contributed by atoms with Gasteiger partial charge >= 0.3 is 0 Å². The minimum absolute atomic E-state index is 0.287. The molecule has 1 aliphatic carbocycles. The molecule has 1 saturated carbocycles. The van der Waals surface area contributed by atoms with Crippen molar-refractivity contribution < 1.29 is 4.74 Å². The predicted octanol–water partition coefficient (Wildman–Crippen LogP) is 2.26. The Morgan fingerprint density at radius 3 is 2.56 bits per heavy atom. The van der Waals surface area contributed by atoms with Crippen molar-refractivity contribution in [3.05, 3.63) is 0 Å². The van der Waals surface area contributed by atoms with E-state index in [0.29, 0.717) is 18.2 Å². The van der Waals surface area contributed by atoms with E-state index in [0.717, 1.165) is 6.61 Å². The first-order valence-electron chi connectivity index (χ1n) is 7.64. The van der Waals surface area contributed by atoms with Gasteiger partial charge in [0.15, 0.2) is 0 Å². The molecule has 1 heterocycles. The monoisotopic (exact) mass is 254 g/mol. The first-order chi connectivity index (χ1) is 8.54. The van der Waals surface area contributed by atoms with Crippen LogP contribution in [0.4, 0.5) is 0 Å². The van der Waals surface area contributed by atoms with Crippen LogP contribution in [0.3, 0.4) is 0 Å². The third-order valence-electron chi connectivity index (χ3n) is 4.76. The first kappa shape index (κ1) is 14.3. The van der Waals surface area contributed by atoms with Crippen LogP contribution >= 0.6 is 0 Å². The van der Waals surface area contributed by atoms with E-state index >= 15 is 0 Å². The minimum Gasteiger partial charge on any atom is -0.378 e. The maximum absolute atomic E-state index is 5.79. The Balaban J connectivity index is 1.73. The van der Waals surface area contributed by atoms with E-state index in [1.807, 2.05) is 0 Å². The summed E-state index contributed by atoms with van der Waals surface area (Å²) in [4.78, 5) is 2.59. The van der Waals surface area contributed by atoms with Crippen molar-refractivity contribution in [3.63, 3.8) is 0 Å². The number of hydrogen-bond donors (Lipinski definition) is 1. The van der Waals surface area contributed by atoms with Gasteiger partial charge in [-0.2, -0.15) is 0 Å². The van der Waals surface area contributed by atoms with Crippen molar-refractivity contribution in [1.82, 2.24) is 10.2 Å². The Labute approximate surface area is 112 Å². The number of likely N-dealkylation sites (tertiary alicyclic amines) is 1. The van der Waals surface area contributed by atoms with Crippen LogP contribution in [0.1, 0.15) is 47.0 Å². The summed E-state index contributed by atoms with van der Waals surface area (Å²) in [5.41, 5.74) is 0.287. The minimum atomic E-state index is 0.287. The number of hydrogen-bond acceptors (Lipinski definition) is 3. The Bertz CT molecular complexity index is 261. The van der Waals surface area contributed by atoms with Crippen LogP contribution < -0.4 is 5.32 Å². The fraction of sp³-hybridized carbons (Fsp3) is 1.00. The molecule has 1 aliphatic heterocycles. The molecule has 3 unspecified atom stereocenters. The molecule has 1 saturated heterocycles. The first-order valence-corrected chi connectivity index (χ1v) is 7.64. The van der Waals surface area contributed by atoms with Crippen molar-refractivity contribution in [2.24, 2.45) is 5.41 Å². The summed E-state index contributed by atoms with van der Waals surface area (Å²) < 4.78 is 5.79. The summed E-state index contributed by atoms with van der Waals surface area (Å²) in [7, 11) is 0. The van der Waals surface area contributed by atoms with Gasteiger partial charge in [-0.15, -0.1) is 0 Å². The maximum Gasteiger partial charge on any atom is 0.0655 e. The molecule has 1 N–H and O–H groups in total. The average Bonchev–Trinajstić information content (AvgIpc) is 2.80. The number of rotatable bonds is 6. The largest absolute Gasteiger partial charge is 0.378 e. The summed E-state index contributed by atoms with van der Waals surface area (Å²) in [6.07, 6.45) is 4.38. The van der Waals surface area contributed by atoms with E-state index < -0.39 is 0 Å². The van der Waals surface area contributed by atoms with Gasteiger partial charge in [0.25, 0.3) is 0 Å². The highest BCUT2D eigenvalue weighted by Crippen LogP contribution is 2.42. The fourth-order valence-electron chi connectivity index (χ4n) is 3.40. The molecule has 18 heavy (non-hydrogen) atoms. The Hall–Kier alpha value is -0.120. The smallest absolute Gasteiger partial charge is 0.0655 e. The van der Waals surface area contributed by atoms with Crippen LogP contribution in [-0.4, -0.2) is 49.3 Å². The summed E-state index contributed by atoms with van der Waals surface area (Å²) in [5.74, 6) is 0. The number of ether oxygens (including phenoxy) is 1. The van der Waals surface area contributed by atoms with E-state index in [2.05, 4.69) is 37.9 Å². The van der Waals surface area contributed by atoms with Crippen LogP contribution in [0.25, 0.3) is 0 Å². The second-order valence-corrected chi connectivity index (χ2v) is 6.63. The van der Waals surface area contributed by atoms with E-state index in [1.165, 1.54) is 38.9 Å². The predicted molar refractivity (Wildman–Crippen MR) is 75.9 cm³/mol. The molecule has 3 atom stereocenters. The van der Waals surface area contributed by atoms with Crippen LogP contribution in [-0.2, 0) is 4.74 Å². The highest BCUT2D eigenvalue weighted by molar-refractivity contribution is 5.03. The molecule has 3 heteroatoms. The van der Waals surface area contributed by atoms with Crippen molar-refractivity contribution in [3.8, 4) is 0 Å². The summed E-state index contributed by atoms with van der Waals surface area (Å²) in [6, 6.07) is 1.21. The maximum atomic E-state index is 5.79. The van der Waals surface area contributed by atoms with Crippen molar-refractivity contribution in [2.75, 3.05) is 26.2 Å². The quantitative estimate of drug-likeness (QED) is 0.787. The zero-order valence-corrected chi connectivity index (χ0v) is 12.5. The van der Waals surface area contributed by atoms with E-state index in [9.17, 15) is 0 Å². The van der Waals surface area contributed by atoms with Gasteiger partial charge in [-0.25, -0.2) is 0 Å². The standard InChI is InChI=1S/C15H30N2O/c1-5-18-14-10-13(15(14,3)4)16-12(2)11-17-8-6-7-9-17/h12-14,16H,5-11H2,1-4H3. The number of nitrogens with one attached hydrogen (secondary N) is 1. The molecule has 0 aromatic carbocycles. The topological polar surface area (TPSA) is 24.5 Å². The molecule has 0 radical (unpaired) electrons. The molecule has 2 rings (SSSR count). The molecular weight excluding hydrogens is 224 g/mol. The molecule has 0 spiro atoms. The molecule has 0 bridgehead atoms. The molecule has 0 aromatic rings. The van der Waals surface area contributed by atoms with Gasteiger partial charge in [0.05, 0.1) is 6.10 Å². The van der Waals surface area contributed by atoms with E-state index in [1.54, 1.807) is 0 Å². The van der Waals surface area contributed by atoms with Crippen LogP contribution in [0, 0.1) is 5.41 Å². The van der Waals surface area contributed by atoms with Gasteiger partial charge in [0, 0.05) is 30.7 Å². The highest BCUT2D eigenvalue weighted by Gasteiger charge is 2.48. The molecule has 2 fully saturated rings. The summed E-state index contributed by atoms with van der Waals surface area (Å²) in [6.45, 7) is 13.7. The summed E-state index contributed by atoms with van der Waals surface area (Å²) in [5, 5.41) is 3.80. The lowest BCUT2D eigenvalue weighted by Crippen LogP contribution is -2.63. The van der Waals surface area contributed by atoms with Crippen molar-refractivity contribution in [2.45, 2.75) is 65.1 Å². The second-order valence-electron chi connectivity index (χ2n) is 6.63. The number of nitrogens with zero attached hydrogens (tertiary/aromatic N) is 1. The second kappa shape index (κ2) is 5.89. The lowest BCUT2D eigenvalue weighted by atomic mass is 9.64. The SMILES string of the molecule is CCOC1CC(NC(C)CN2CCCC2)C1(C)C. The average molecular weight is 254 g/mol. The van der Waals surface area contributed by atoms with Gasteiger partial charge < -0.3 is 15.0 Å². The summed E-state index contributed by atoms with van der Waals surface area (Å²) >= 11 is 0. The molecule has 0 amide bonds. The van der Waals surface area contributed by atoms with Crippen LogP contribution in [0.2, 0.25) is 0 Å². The molecule has 3 nitrogen and oxygen atoms in total. The zero-order chi connectivity index (χ0) is 13.2. The third kappa shape index (κ3) is 3.06. The third-order valence-corrected chi connectivity index (χ3v) is 4.76. The highest BCUT2D eigenvalue weighted by atomic mass is 16.5. The Morgan fingerprint density at radius 2 is 2.00 bits per heavy atom. The molecular formula is C15H30N2O. The normalized spacial score (nSPS) is 33.3. The van der Waals surface area contributed by atoms with Crippen molar-refractivity contribution in [1.29, 1.82) is 0 Å². The van der Waals surface area contributed by atoms with Crippen LogP contribution in [0.15, 0.2) is 0 Å². The zero-order valence-electron chi connectivity index (χ0n) is 12.5.